The Morgan fingerprint density at radius 3 is 2.39 bits per heavy atom. The molecule has 8 heteroatoms. The molecule has 28 heavy (non-hydrogen) atoms. The molecular formula is C20H20ClN3O4. The van der Waals surface area contributed by atoms with Crippen LogP contribution in [-0.4, -0.2) is 29.3 Å². The number of hydrogen-bond acceptors (Lipinski definition) is 6. The van der Waals surface area contributed by atoms with Gasteiger partial charge in [0.1, 0.15) is 17.5 Å². The molecule has 3 aromatic rings. The first-order valence-corrected chi connectivity index (χ1v) is 9.17. The lowest BCUT2D eigenvalue weighted by atomic mass is 10.2. The van der Waals surface area contributed by atoms with Gasteiger partial charge in [0.25, 0.3) is 5.91 Å². The summed E-state index contributed by atoms with van der Waals surface area (Å²) in [7, 11) is 0. The predicted octanol–water partition coefficient (Wildman–Crippen LogP) is 4.04. The fourth-order valence-electron chi connectivity index (χ4n) is 2.42. The summed E-state index contributed by atoms with van der Waals surface area (Å²) >= 11 is 5.88. The standard InChI is InChI=1S/C20H20ClN3O4/c1-3-26-16-8-10-17(11-9-16)27-12-18(25)22-13(2)20-23-19(24-28-20)14-4-6-15(21)7-5-14/h4-11,13H,3,12H2,1-2H3,(H,22,25)/t13-/m0/s1. The molecule has 1 N–H and O–H groups in total. The molecule has 1 heterocycles. The van der Waals surface area contributed by atoms with Gasteiger partial charge in [-0.3, -0.25) is 4.79 Å². The summed E-state index contributed by atoms with van der Waals surface area (Å²) in [4.78, 5) is 16.4. The lowest BCUT2D eigenvalue weighted by Gasteiger charge is -2.11. The zero-order valence-corrected chi connectivity index (χ0v) is 16.3. The van der Waals surface area contributed by atoms with Crippen molar-refractivity contribution in [3.8, 4) is 22.9 Å². The number of benzene rings is 2. The van der Waals surface area contributed by atoms with Crippen molar-refractivity contribution in [1.82, 2.24) is 15.5 Å². The molecule has 1 aromatic heterocycles. The number of hydrogen-bond donors (Lipinski definition) is 1. The van der Waals surface area contributed by atoms with Crippen LogP contribution in [0, 0.1) is 0 Å². The Labute approximate surface area is 167 Å². The zero-order chi connectivity index (χ0) is 19.9. The maximum atomic E-state index is 12.1. The first-order chi connectivity index (χ1) is 13.5. The molecule has 0 aliphatic heterocycles. The second kappa shape index (κ2) is 9.23. The highest BCUT2D eigenvalue weighted by atomic mass is 35.5. The second-order valence-corrected chi connectivity index (χ2v) is 6.38. The minimum Gasteiger partial charge on any atom is -0.494 e. The molecule has 0 spiro atoms. The summed E-state index contributed by atoms with van der Waals surface area (Å²) in [5.74, 6) is 1.76. The van der Waals surface area contributed by atoms with Crippen LogP contribution in [-0.2, 0) is 4.79 Å². The Hall–Kier alpha value is -3.06. The normalized spacial score (nSPS) is 11.7. The van der Waals surface area contributed by atoms with Crippen LogP contribution in [0.15, 0.2) is 53.1 Å². The van der Waals surface area contributed by atoms with Gasteiger partial charge in [-0.25, -0.2) is 0 Å². The molecule has 0 aliphatic carbocycles. The van der Waals surface area contributed by atoms with Crippen molar-refractivity contribution in [2.45, 2.75) is 19.9 Å². The van der Waals surface area contributed by atoms with Crippen LogP contribution in [0.3, 0.4) is 0 Å². The minimum atomic E-state index is -0.454. The zero-order valence-electron chi connectivity index (χ0n) is 15.5. The molecule has 3 rings (SSSR count). The number of rotatable bonds is 8. The maximum absolute atomic E-state index is 12.1. The van der Waals surface area contributed by atoms with Crippen molar-refractivity contribution < 1.29 is 18.8 Å². The summed E-state index contributed by atoms with van der Waals surface area (Å²) < 4.78 is 16.1. The van der Waals surface area contributed by atoms with Crippen LogP contribution in [0.2, 0.25) is 5.02 Å². The summed E-state index contributed by atoms with van der Waals surface area (Å²) in [6.45, 7) is 4.14. The van der Waals surface area contributed by atoms with E-state index in [9.17, 15) is 4.79 Å². The van der Waals surface area contributed by atoms with E-state index in [-0.39, 0.29) is 12.5 Å². The summed E-state index contributed by atoms with van der Waals surface area (Å²) in [5, 5.41) is 7.33. The second-order valence-electron chi connectivity index (χ2n) is 5.95. The third-order valence-electron chi connectivity index (χ3n) is 3.80. The van der Waals surface area contributed by atoms with Crippen LogP contribution in [0.4, 0.5) is 0 Å². The maximum Gasteiger partial charge on any atom is 0.258 e. The molecule has 1 amide bonds. The SMILES string of the molecule is CCOc1ccc(OCC(=O)N[C@@H](C)c2nc(-c3ccc(Cl)cc3)no2)cc1. The Balaban J connectivity index is 1.52. The van der Waals surface area contributed by atoms with Gasteiger partial charge in [-0.1, -0.05) is 16.8 Å². The first kappa shape index (κ1) is 19.7. The summed E-state index contributed by atoms with van der Waals surface area (Å²) in [6.07, 6.45) is 0. The van der Waals surface area contributed by atoms with E-state index in [1.807, 2.05) is 6.92 Å². The number of carbonyl (C=O) groups excluding carboxylic acids is 1. The van der Waals surface area contributed by atoms with E-state index in [1.165, 1.54) is 0 Å². The molecular weight excluding hydrogens is 382 g/mol. The first-order valence-electron chi connectivity index (χ1n) is 8.79. The largest absolute Gasteiger partial charge is 0.494 e. The third-order valence-corrected chi connectivity index (χ3v) is 4.05. The monoisotopic (exact) mass is 401 g/mol. The molecule has 0 radical (unpaired) electrons. The van der Waals surface area contributed by atoms with E-state index in [0.29, 0.717) is 29.1 Å². The van der Waals surface area contributed by atoms with Crippen molar-refractivity contribution in [1.29, 1.82) is 0 Å². The number of aromatic nitrogens is 2. The van der Waals surface area contributed by atoms with Gasteiger partial charge in [-0.2, -0.15) is 4.98 Å². The molecule has 0 unspecified atom stereocenters. The average molecular weight is 402 g/mol. The molecule has 0 aliphatic rings. The number of carbonyl (C=O) groups is 1. The molecule has 2 aromatic carbocycles. The van der Waals surface area contributed by atoms with Crippen molar-refractivity contribution in [3.05, 3.63) is 59.4 Å². The van der Waals surface area contributed by atoms with Crippen LogP contribution < -0.4 is 14.8 Å². The molecule has 146 valence electrons. The third kappa shape index (κ3) is 5.23. The van der Waals surface area contributed by atoms with Crippen LogP contribution in [0.5, 0.6) is 11.5 Å². The highest BCUT2D eigenvalue weighted by Gasteiger charge is 2.17. The molecule has 1 atom stereocenters. The highest BCUT2D eigenvalue weighted by Crippen LogP contribution is 2.21. The number of amides is 1. The number of nitrogens with one attached hydrogen (secondary N) is 1. The van der Waals surface area contributed by atoms with Gasteiger partial charge >= 0.3 is 0 Å². The Morgan fingerprint density at radius 1 is 1.11 bits per heavy atom. The minimum absolute atomic E-state index is 0.128. The van der Waals surface area contributed by atoms with E-state index >= 15 is 0 Å². The van der Waals surface area contributed by atoms with E-state index < -0.39 is 6.04 Å². The smallest absolute Gasteiger partial charge is 0.258 e. The highest BCUT2D eigenvalue weighted by molar-refractivity contribution is 6.30. The van der Waals surface area contributed by atoms with Gasteiger partial charge < -0.3 is 19.3 Å². The lowest BCUT2D eigenvalue weighted by molar-refractivity contribution is -0.123. The van der Waals surface area contributed by atoms with Crippen molar-refractivity contribution in [2.75, 3.05) is 13.2 Å². The number of ether oxygens (including phenoxy) is 2. The molecule has 0 saturated heterocycles. The quantitative estimate of drug-likeness (QED) is 0.612. The fourth-order valence-corrected chi connectivity index (χ4v) is 2.55. The summed E-state index contributed by atoms with van der Waals surface area (Å²) in [6, 6.07) is 13.7. The lowest BCUT2D eigenvalue weighted by Crippen LogP contribution is -2.31. The van der Waals surface area contributed by atoms with E-state index in [2.05, 4.69) is 15.5 Å². The van der Waals surface area contributed by atoms with Gasteiger partial charge in [-0.15, -0.1) is 0 Å². The van der Waals surface area contributed by atoms with E-state index in [0.717, 1.165) is 11.3 Å². The van der Waals surface area contributed by atoms with Crippen molar-refractivity contribution in [2.24, 2.45) is 0 Å². The molecule has 0 saturated carbocycles. The van der Waals surface area contributed by atoms with Crippen LogP contribution >= 0.6 is 11.6 Å². The molecule has 7 nitrogen and oxygen atoms in total. The van der Waals surface area contributed by atoms with E-state index in [1.54, 1.807) is 55.5 Å². The number of halogens is 1. The van der Waals surface area contributed by atoms with Crippen LogP contribution in [0.25, 0.3) is 11.4 Å². The van der Waals surface area contributed by atoms with Gasteiger partial charge in [-0.05, 0) is 62.4 Å². The Morgan fingerprint density at radius 2 is 1.75 bits per heavy atom. The predicted molar refractivity (Wildman–Crippen MR) is 104 cm³/mol. The Bertz CT molecular complexity index is 910. The van der Waals surface area contributed by atoms with Gasteiger partial charge in [0.2, 0.25) is 11.7 Å². The van der Waals surface area contributed by atoms with Gasteiger partial charge in [0.15, 0.2) is 6.61 Å². The Kier molecular flexibility index (Phi) is 6.49. The van der Waals surface area contributed by atoms with Gasteiger partial charge in [0, 0.05) is 10.6 Å². The van der Waals surface area contributed by atoms with E-state index in [4.69, 9.17) is 25.6 Å². The topological polar surface area (TPSA) is 86.5 Å². The average Bonchev–Trinajstić information content (AvgIpc) is 3.19. The summed E-state index contributed by atoms with van der Waals surface area (Å²) in [5.41, 5.74) is 0.775. The molecule has 0 fully saturated rings. The molecule has 0 bridgehead atoms. The van der Waals surface area contributed by atoms with Crippen molar-refractivity contribution >= 4 is 17.5 Å². The fraction of sp³-hybridized carbons (Fsp3) is 0.250. The number of nitrogens with zero attached hydrogens (tertiary/aromatic N) is 2. The van der Waals surface area contributed by atoms with Gasteiger partial charge in [0.05, 0.1) is 6.61 Å². The van der Waals surface area contributed by atoms with Crippen LogP contribution in [0.1, 0.15) is 25.8 Å². The van der Waals surface area contributed by atoms with Crippen molar-refractivity contribution in [3.63, 3.8) is 0 Å².